The molecule has 7 nitrogen and oxygen atoms in total. The molecular formula is C15H30N4O3S. The van der Waals surface area contributed by atoms with E-state index < -0.39 is 10.2 Å². The Labute approximate surface area is 140 Å². The molecule has 2 aliphatic heterocycles. The van der Waals surface area contributed by atoms with Gasteiger partial charge in [0.1, 0.15) is 0 Å². The molecule has 2 rings (SSSR count). The topological polar surface area (TPSA) is 73.0 Å². The van der Waals surface area contributed by atoms with Gasteiger partial charge < -0.3 is 10.2 Å². The van der Waals surface area contributed by atoms with Crippen molar-refractivity contribution < 1.29 is 13.2 Å². The number of hydrogen-bond acceptors (Lipinski definition) is 4. The Morgan fingerprint density at radius 1 is 1.13 bits per heavy atom. The van der Waals surface area contributed by atoms with Crippen molar-refractivity contribution in [1.82, 2.24) is 18.8 Å². The van der Waals surface area contributed by atoms with Gasteiger partial charge in [0.15, 0.2) is 0 Å². The average Bonchev–Trinajstić information content (AvgIpc) is 3.04. The van der Waals surface area contributed by atoms with Crippen molar-refractivity contribution in [3.8, 4) is 0 Å². The summed E-state index contributed by atoms with van der Waals surface area (Å²) in [4.78, 5) is 14.6. The van der Waals surface area contributed by atoms with Crippen molar-refractivity contribution in [2.24, 2.45) is 5.92 Å². The lowest BCUT2D eigenvalue weighted by molar-refractivity contribution is -0.126. The van der Waals surface area contributed by atoms with E-state index in [2.05, 4.69) is 10.2 Å². The summed E-state index contributed by atoms with van der Waals surface area (Å²) in [6, 6.07) is 0. The van der Waals surface area contributed by atoms with Crippen molar-refractivity contribution in [3.05, 3.63) is 0 Å². The lowest BCUT2D eigenvalue weighted by Crippen LogP contribution is -2.47. The van der Waals surface area contributed by atoms with Gasteiger partial charge in [0.05, 0.1) is 0 Å². The third kappa shape index (κ3) is 5.14. The highest BCUT2D eigenvalue weighted by atomic mass is 32.2. The van der Waals surface area contributed by atoms with Gasteiger partial charge in [0, 0.05) is 39.6 Å². The maximum Gasteiger partial charge on any atom is 0.281 e. The second-order valence-corrected chi connectivity index (χ2v) is 8.80. The highest BCUT2D eigenvalue weighted by Crippen LogP contribution is 2.20. The first kappa shape index (κ1) is 18.6. The molecule has 134 valence electrons. The minimum Gasteiger partial charge on any atom is -0.356 e. The molecule has 0 unspecified atom stereocenters. The van der Waals surface area contributed by atoms with E-state index in [4.69, 9.17) is 0 Å². The molecule has 0 aliphatic carbocycles. The van der Waals surface area contributed by atoms with Crippen LogP contribution in [-0.2, 0) is 15.0 Å². The van der Waals surface area contributed by atoms with Crippen LogP contribution in [0.4, 0.5) is 0 Å². The van der Waals surface area contributed by atoms with Gasteiger partial charge in [-0.25, -0.2) is 0 Å². The van der Waals surface area contributed by atoms with E-state index in [0.717, 1.165) is 13.0 Å². The number of rotatable bonds is 7. The predicted molar refractivity (Wildman–Crippen MR) is 90.2 cm³/mol. The number of nitrogens with one attached hydrogen (secondary N) is 1. The molecule has 2 aliphatic rings. The van der Waals surface area contributed by atoms with E-state index >= 15 is 0 Å². The summed E-state index contributed by atoms with van der Waals surface area (Å²) in [5, 5.41) is 3.01. The fourth-order valence-corrected chi connectivity index (χ4v) is 4.38. The highest BCUT2D eigenvalue weighted by Gasteiger charge is 2.32. The summed E-state index contributed by atoms with van der Waals surface area (Å²) in [5.74, 6) is 0.0173. The van der Waals surface area contributed by atoms with Gasteiger partial charge in [0.2, 0.25) is 5.91 Å². The van der Waals surface area contributed by atoms with E-state index in [1.807, 2.05) is 0 Å². The first-order valence-electron chi connectivity index (χ1n) is 8.59. The summed E-state index contributed by atoms with van der Waals surface area (Å²) in [6.07, 6.45) is 4.78. The van der Waals surface area contributed by atoms with Gasteiger partial charge in [-0.1, -0.05) is 0 Å². The number of amides is 1. The summed E-state index contributed by atoms with van der Waals surface area (Å²) >= 11 is 0. The molecule has 0 bridgehead atoms. The minimum atomic E-state index is -3.35. The van der Waals surface area contributed by atoms with Crippen molar-refractivity contribution in [2.45, 2.75) is 32.1 Å². The molecule has 1 amide bonds. The third-order valence-corrected chi connectivity index (χ3v) is 6.70. The number of carbonyl (C=O) groups excluding carboxylic acids is 1. The summed E-state index contributed by atoms with van der Waals surface area (Å²) in [5.41, 5.74) is 0. The van der Waals surface area contributed by atoms with E-state index in [1.165, 1.54) is 48.6 Å². The Morgan fingerprint density at radius 2 is 1.74 bits per heavy atom. The number of carbonyl (C=O) groups is 1. The van der Waals surface area contributed by atoms with Crippen molar-refractivity contribution >= 4 is 16.1 Å². The van der Waals surface area contributed by atoms with Gasteiger partial charge in [-0.15, -0.1) is 0 Å². The molecule has 0 saturated carbocycles. The van der Waals surface area contributed by atoms with Crippen LogP contribution in [0, 0.1) is 5.92 Å². The number of hydrogen-bond donors (Lipinski definition) is 1. The largest absolute Gasteiger partial charge is 0.356 e. The monoisotopic (exact) mass is 346 g/mol. The average molecular weight is 346 g/mol. The molecule has 0 radical (unpaired) electrons. The zero-order valence-electron chi connectivity index (χ0n) is 14.3. The molecule has 23 heavy (non-hydrogen) atoms. The molecule has 1 N–H and O–H groups in total. The Bertz CT molecular complexity index is 481. The first-order chi connectivity index (χ1) is 10.9. The molecule has 0 aromatic rings. The quantitative estimate of drug-likeness (QED) is 0.664. The molecule has 0 spiro atoms. The van der Waals surface area contributed by atoms with Crippen molar-refractivity contribution in [1.29, 1.82) is 0 Å². The van der Waals surface area contributed by atoms with Crippen LogP contribution in [0.2, 0.25) is 0 Å². The Morgan fingerprint density at radius 3 is 2.30 bits per heavy atom. The molecule has 2 fully saturated rings. The van der Waals surface area contributed by atoms with Crippen LogP contribution in [0.15, 0.2) is 0 Å². The van der Waals surface area contributed by atoms with E-state index in [9.17, 15) is 13.2 Å². The van der Waals surface area contributed by atoms with Gasteiger partial charge >= 0.3 is 0 Å². The third-order valence-electron chi connectivity index (χ3n) is 4.76. The van der Waals surface area contributed by atoms with Gasteiger partial charge in [0.25, 0.3) is 10.2 Å². The lowest BCUT2D eigenvalue weighted by atomic mass is 9.97. The summed E-state index contributed by atoms with van der Waals surface area (Å²) in [7, 11) is -0.278. The molecule has 0 aromatic carbocycles. The number of piperidine rings is 1. The second-order valence-electron chi connectivity index (χ2n) is 6.66. The van der Waals surface area contributed by atoms with E-state index in [-0.39, 0.29) is 11.8 Å². The summed E-state index contributed by atoms with van der Waals surface area (Å²) < 4.78 is 26.8. The van der Waals surface area contributed by atoms with Crippen LogP contribution in [0.3, 0.4) is 0 Å². The van der Waals surface area contributed by atoms with Crippen LogP contribution in [0.25, 0.3) is 0 Å². The second kappa shape index (κ2) is 8.41. The molecule has 8 heteroatoms. The Kier molecular flexibility index (Phi) is 6.82. The zero-order chi connectivity index (χ0) is 16.9. The summed E-state index contributed by atoms with van der Waals surface area (Å²) in [6.45, 7) is 4.99. The Balaban J connectivity index is 1.65. The lowest BCUT2D eigenvalue weighted by Gasteiger charge is -2.32. The van der Waals surface area contributed by atoms with Crippen LogP contribution >= 0.6 is 0 Å². The SMILES string of the molecule is CN(C)S(=O)(=O)N1CCC(C(=O)NCCCN2CCCC2)CC1. The number of likely N-dealkylation sites (tertiary alicyclic amines) is 1. The smallest absolute Gasteiger partial charge is 0.281 e. The molecular weight excluding hydrogens is 316 g/mol. The van der Waals surface area contributed by atoms with Crippen LogP contribution < -0.4 is 5.32 Å². The highest BCUT2D eigenvalue weighted by molar-refractivity contribution is 7.86. The molecule has 2 saturated heterocycles. The normalized spacial score (nSPS) is 21.9. The van der Waals surface area contributed by atoms with E-state index in [0.29, 0.717) is 32.5 Å². The van der Waals surface area contributed by atoms with Gasteiger partial charge in [-0.2, -0.15) is 17.0 Å². The zero-order valence-corrected chi connectivity index (χ0v) is 15.1. The standard InChI is InChI=1S/C15H30N4O3S/c1-17(2)23(21,22)19-12-6-14(7-13-19)15(20)16-8-5-11-18-9-3-4-10-18/h14H,3-13H2,1-2H3,(H,16,20). The molecule has 0 atom stereocenters. The Hall–Kier alpha value is -0.700. The van der Waals surface area contributed by atoms with Crippen LogP contribution in [0.1, 0.15) is 32.1 Å². The fraction of sp³-hybridized carbons (Fsp3) is 0.933. The van der Waals surface area contributed by atoms with E-state index in [1.54, 1.807) is 0 Å². The maximum atomic E-state index is 12.2. The minimum absolute atomic E-state index is 0.0598. The van der Waals surface area contributed by atoms with Gasteiger partial charge in [-0.05, 0) is 51.7 Å². The number of nitrogens with zero attached hydrogens (tertiary/aromatic N) is 3. The van der Waals surface area contributed by atoms with Crippen molar-refractivity contribution in [2.75, 3.05) is 53.4 Å². The molecule has 0 aromatic heterocycles. The van der Waals surface area contributed by atoms with Gasteiger partial charge in [-0.3, -0.25) is 4.79 Å². The fourth-order valence-electron chi connectivity index (χ4n) is 3.24. The van der Waals surface area contributed by atoms with Crippen LogP contribution in [-0.4, -0.2) is 81.2 Å². The molecule has 2 heterocycles. The predicted octanol–water partition coefficient (Wildman–Crippen LogP) is 0.107. The van der Waals surface area contributed by atoms with Crippen molar-refractivity contribution in [3.63, 3.8) is 0 Å². The first-order valence-corrected chi connectivity index (χ1v) is 9.98. The maximum absolute atomic E-state index is 12.2. The van der Waals surface area contributed by atoms with Crippen LogP contribution in [0.5, 0.6) is 0 Å².